The maximum Gasteiger partial charge on any atom is 0.243 e. The minimum Gasteiger partial charge on any atom is -0.391 e. The quantitative estimate of drug-likeness (QED) is 0.688. The maximum atomic E-state index is 12.1. The molecule has 5 heteroatoms. The highest BCUT2D eigenvalue weighted by atomic mass is 16.3. The average Bonchev–Trinajstić information content (AvgIpc) is 2.28. The number of aliphatic hydroxyl groups excluding tert-OH is 1. The molecule has 1 rings (SSSR count). The molecule has 1 aliphatic rings. The molecule has 0 aromatic carbocycles. The third-order valence-electron chi connectivity index (χ3n) is 3.37. The van der Waals surface area contributed by atoms with Gasteiger partial charge in [-0.1, -0.05) is 26.7 Å². The fourth-order valence-corrected chi connectivity index (χ4v) is 2.31. The molecule has 1 fully saturated rings. The number of carbonyl (C=O) groups excluding carboxylic acids is 2. The third-order valence-corrected chi connectivity index (χ3v) is 3.37. The molecule has 0 aromatic heterocycles. The van der Waals surface area contributed by atoms with Crippen LogP contribution in [-0.2, 0) is 9.59 Å². The first-order valence-electron chi connectivity index (χ1n) is 6.67. The van der Waals surface area contributed by atoms with Crippen LogP contribution in [0.15, 0.2) is 0 Å². The largest absolute Gasteiger partial charge is 0.391 e. The van der Waals surface area contributed by atoms with Crippen LogP contribution >= 0.6 is 0 Å². The van der Waals surface area contributed by atoms with Crippen molar-refractivity contribution in [2.75, 3.05) is 0 Å². The second-order valence-corrected chi connectivity index (χ2v) is 5.39. The normalized spacial score (nSPS) is 25.6. The first-order chi connectivity index (χ1) is 8.41. The summed E-state index contributed by atoms with van der Waals surface area (Å²) in [6.45, 7) is 5.17. The molecule has 0 spiro atoms. The lowest BCUT2D eigenvalue weighted by Gasteiger charge is -2.30. The maximum absolute atomic E-state index is 12.1. The minimum atomic E-state index is -0.531. The number of aliphatic hydroxyl groups is 1. The lowest BCUT2D eigenvalue weighted by Crippen LogP contribution is -2.54. The fourth-order valence-electron chi connectivity index (χ4n) is 2.31. The van der Waals surface area contributed by atoms with Gasteiger partial charge in [0.05, 0.1) is 12.1 Å². The Labute approximate surface area is 108 Å². The van der Waals surface area contributed by atoms with E-state index in [0.717, 1.165) is 25.7 Å². The van der Waals surface area contributed by atoms with E-state index in [9.17, 15) is 14.7 Å². The number of nitrogens with one attached hydrogen (secondary N) is 2. The molecule has 1 unspecified atom stereocenters. The summed E-state index contributed by atoms with van der Waals surface area (Å²) in [5, 5.41) is 15.3. The molecule has 2 amide bonds. The van der Waals surface area contributed by atoms with E-state index in [1.165, 1.54) is 6.92 Å². The zero-order valence-corrected chi connectivity index (χ0v) is 11.4. The Bertz CT molecular complexity index is 305. The Hall–Kier alpha value is -1.10. The first kappa shape index (κ1) is 15.0. The van der Waals surface area contributed by atoms with E-state index in [1.807, 2.05) is 13.8 Å². The Balaban J connectivity index is 2.57. The third kappa shape index (κ3) is 4.29. The van der Waals surface area contributed by atoms with Gasteiger partial charge in [0.1, 0.15) is 6.04 Å². The van der Waals surface area contributed by atoms with Gasteiger partial charge in [-0.25, -0.2) is 0 Å². The van der Waals surface area contributed by atoms with Crippen LogP contribution in [0.5, 0.6) is 0 Å². The number of carbonyl (C=O) groups is 2. The highest BCUT2D eigenvalue weighted by Crippen LogP contribution is 2.18. The van der Waals surface area contributed by atoms with E-state index in [2.05, 4.69) is 10.6 Å². The van der Waals surface area contributed by atoms with Gasteiger partial charge in [-0.15, -0.1) is 0 Å². The average molecular weight is 256 g/mol. The molecule has 0 radical (unpaired) electrons. The van der Waals surface area contributed by atoms with Crippen LogP contribution in [0.25, 0.3) is 0 Å². The van der Waals surface area contributed by atoms with Crippen LogP contribution in [0.1, 0.15) is 46.5 Å². The molecule has 1 saturated carbocycles. The van der Waals surface area contributed by atoms with Gasteiger partial charge in [0.15, 0.2) is 0 Å². The van der Waals surface area contributed by atoms with Crippen LogP contribution in [0.3, 0.4) is 0 Å². The Morgan fingerprint density at radius 2 is 1.83 bits per heavy atom. The van der Waals surface area contributed by atoms with Gasteiger partial charge in [-0.3, -0.25) is 9.59 Å². The highest BCUT2D eigenvalue weighted by Gasteiger charge is 2.29. The smallest absolute Gasteiger partial charge is 0.243 e. The summed E-state index contributed by atoms with van der Waals surface area (Å²) in [4.78, 5) is 23.2. The fraction of sp³-hybridized carbons (Fsp3) is 0.846. The molecule has 5 nitrogen and oxygen atoms in total. The van der Waals surface area contributed by atoms with Gasteiger partial charge in [0, 0.05) is 6.92 Å². The van der Waals surface area contributed by atoms with Gasteiger partial charge < -0.3 is 15.7 Å². The molecule has 104 valence electrons. The standard InChI is InChI=1S/C13H24N2O3/c1-8(2)12(14-9(3)16)13(18)15-10-6-4-5-7-11(10)17/h8,10-12,17H,4-7H2,1-3H3,(H,14,16)(H,15,18)/t10-,11-,12?/m0/s1. The summed E-state index contributed by atoms with van der Waals surface area (Å²) in [6.07, 6.45) is 3.10. The zero-order valence-electron chi connectivity index (χ0n) is 11.4. The first-order valence-corrected chi connectivity index (χ1v) is 6.67. The molecule has 18 heavy (non-hydrogen) atoms. The van der Waals surface area contributed by atoms with Crippen LogP contribution in [0, 0.1) is 5.92 Å². The van der Waals surface area contributed by atoms with Gasteiger partial charge in [-0.05, 0) is 18.8 Å². The van der Waals surface area contributed by atoms with E-state index >= 15 is 0 Å². The van der Waals surface area contributed by atoms with E-state index in [-0.39, 0.29) is 23.8 Å². The van der Waals surface area contributed by atoms with E-state index in [1.54, 1.807) is 0 Å². The van der Waals surface area contributed by atoms with Gasteiger partial charge in [0.25, 0.3) is 0 Å². The van der Waals surface area contributed by atoms with Crippen molar-refractivity contribution in [1.82, 2.24) is 10.6 Å². The predicted molar refractivity (Wildman–Crippen MR) is 68.8 cm³/mol. The molecule has 3 N–H and O–H groups in total. The van der Waals surface area contributed by atoms with Crippen molar-refractivity contribution >= 4 is 11.8 Å². The lowest BCUT2D eigenvalue weighted by atomic mass is 9.92. The monoisotopic (exact) mass is 256 g/mol. The molecule has 1 aliphatic carbocycles. The van der Waals surface area contributed by atoms with Gasteiger partial charge in [-0.2, -0.15) is 0 Å². The minimum absolute atomic E-state index is 0.0228. The van der Waals surface area contributed by atoms with Crippen molar-refractivity contribution in [3.63, 3.8) is 0 Å². The molecular weight excluding hydrogens is 232 g/mol. The summed E-state index contributed by atoms with van der Waals surface area (Å²) >= 11 is 0. The zero-order chi connectivity index (χ0) is 13.7. The van der Waals surface area contributed by atoms with Crippen LogP contribution in [-0.4, -0.2) is 35.1 Å². The van der Waals surface area contributed by atoms with Crippen LogP contribution in [0.2, 0.25) is 0 Å². The molecular formula is C13H24N2O3. The number of amides is 2. The van der Waals surface area contributed by atoms with Crippen molar-refractivity contribution in [2.24, 2.45) is 5.92 Å². The van der Waals surface area contributed by atoms with E-state index in [0.29, 0.717) is 0 Å². The Morgan fingerprint density at radius 3 is 2.33 bits per heavy atom. The van der Waals surface area contributed by atoms with Gasteiger partial charge in [0.2, 0.25) is 11.8 Å². The SMILES string of the molecule is CC(=O)NC(C(=O)N[C@H]1CCCC[C@@H]1O)C(C)C. The molecule has 0 aromatic rings. The van der Waals surface area contributed by atoms with Crippen molar-refractivity contribution in [2.45, 2.75) is 64.6 Å². The summed E-state index contributed by atoms with van der Waals surface area (Å²) < 4.78 is 0. The highest BCUT2D eigenvalue weighted by molar-refractivity contribution is 5.87. The Kier molecular flexibility index (Phi) is 5.59. The van der Waals surface area contributed by atoms with Crippen molar-refractivity contribution in [3.8, 4) is 0 Å². The van der Waals surface area contributed by atoms with Crippen LogP contribution < -0.4 is 10.6 Å². The van der Waals surface area contributed by atoms with Crippen molar-refractivity contribution in [3.05, 3.63) is 0 Å². The second kappa shape index (κ2) is 6.73. The summed E-state index contributed by atoms with van der Waals surface area (Å²) in [7, 11) is 0. The predicted octanol–water partition coefficient (Wildman–Crippen LogP) is 0.567. The molecule has 0 saturated heterocycles. The van der Waals surface area contributed by atoms with Crippen molar-refractivity contribution < 1.29 is 14.7 Å². The van der Waals surface area contributed by atoms with Crippen molar-refractivity contribution in [1.29, 1.82) is 0 Å². The topological polar surface area (TPSA) is 78.4 Å². The summed E-state index contributed by atoms with van der Waals surface area (Å²) in [5.74, 6) is -0.395. The molecule has 0 aliphatic heterocycles. The summed E-state index contributed by atoms with van der Waals surface area (Å²) in [6, 6.07) is -0.710. The number of hydrogen-bond donors (Lipinski definition) is 3. The number of rotatable bonds is 4. The lowest BCUT2D eigenvalue weighted by molar-refractivity contribution is -0.130. The molecule has 0 bridgehead atoms. The Morgan fingerprint density at radius 1 is 1.22 bits per heavy atom. The molecule has 3 atom stereocenters. The molecule has 0 heterocycles. The van der Waals surface area contributed by atoms with E-state index in [4.69, 9.17) is 0 Å². The number of hydrogen-bond acceptors (Lipinski definition) is 3. The van der Waals surface area contributed by atoms with Gasteiger partial charge >= 0.3 is 0 Å². The second-order valence-electron chi connectivity index (χ2n) is 5.39. The summed E-state index contributed by atoms with van der Waals surface area (Å²) in [5.41, 5.74) is 0. The van der Waals surface area contributed by atoms with E-state index < -0.39 is 12.1 Å². The van der Waals surface area contributed by atoms with Crippen LogP contribution in [0.4, 0.5) is 0 Å².